The summed E-state index contributed by atoms with van der Waals surface area (Å²) in [6.07, 6.45) is 0.722. The predicted octanol–water partition coefficient (Wildman–Crippen LogP) is 1.46. The van der Waals surface area contributed by atoms with E-state index in [2.05, 4.69) is 15.4 Å². The van der Waals surface area contributed by atoms with Crippen LogP contribution >= 0.6 is 0 Å². The van der Waals surface area contributed by atoms with E-state index in [0.29, 0.717) is 0 Å². The summed E-state index contributed by atoms with van der Waals surface area (Å²) >= 11 is 0. The maximum absolute atomic E-state index is 5.11. The molecule has 0 aliphatic rings. The van der Waals surface area contributed by atoms with Gasteiger partial charge in [0.05, 0.1) is 7.11 Å². The lowest BCUT2D eigenvalue weighted by Gasteiger charge is -2.00. The summed E-state index contributed by atoms with van der Waals surface area (Å²) in [5.41, 5.74) is 1.17. The average Bonchev–Trinajstić information content (AvgIpc) is 2.70. The highest BCUT2D eigenvalue weighted by molar-refractivity contribution is 5.30. The topological polar surface area (TPSA) is 52.0 Å². The number of rotatable bonds is 4. The van der Waals surface area contributed by atoms with Crippen LogP contribution in [0.25, 0.3) is 0 Å². The van der Waals surface area contributed by atoms with E-state index in [1.54, 1.807) is 11.8 Å². The standard InChI is InChI=1S/C12H16N4O/c1-13-12-14-11(15-16(12)2)8-9-4-6-10(17-3)7-5-9/h4-7H,8H2,1-3H3,(H,13,14,15). The van der Waals surface area contributed by atoms with Gasteiger partial charge < -0.3 is 10.1 Å². The zero-order valence-corrected chi connectivity index (χ0v) is 10.3. The Kier molecular flexibility index (Phi) is 3.27. The number of aryl methyl sites for hydroxylation is 1. The SMILES string of the molecule is CNc1nc(Cc2ccc(OC)cc2)nn1C. The molecule has 0 aliphatic heterocycles. The Morgan fingerprint density at radius 1 is 1.29 bits per heavy atom. The molecular weight excluding hydrogens is 216 g/mol. The highest BCUT2D eigenvalue weighted by Gasteiger charge is 2.06. The lowest BCUT2D eigenvalue weighted by molar-refractivity contribution is 0.414. The van der Waals surface area contributed by atoms with Crippen LogP contribution < -0.4 is 10.1 Å². The zero-order chi connectivity index (χ0) is 12.3. The smallest absolute Gasteiger partial charge is 0.220 e. The van der Waals surface area contributed by atoms with Gasteiger partial charge in [-0.3, -0.25) is 0 Å². The van der Waals surface area contributed by atoms with E-state index in [0.717, 1.165) is 23.9 Å². The van der Waals surface area contributed by atoms with Crippen molar-refractivity contribution in [2.45, 2.75) is 6.42 Å². The number of nitrogens with zero attached hydrogens (tertiary/aromatic N) is 3. The molecule has 0 fully saturated rings. The van der Waals surface area contributed by atoms with Gasteiger partial charge in [-0.15, -0.1) is 0 Å². The Balaban J connectivity index is 2.13. The van der Waals surface area contributed by atoms with Gasteiger partial charge in [-0.25, -0.2) is 4.68 Å². The second-order valence-corrected chi connectivity index (χ2v) is 3.75. The Morgan fingerprint density at radius 3 is 2.53 bits per heavy atom. The van der Waals surface area contributed by atoms with Crippen molar-refractivity contribution >= 4 is 5.95 Å². The molecule has 0 saturated heterocycles. The molecule has 0 spiro atoms. The van der Waals surface area contributed by atoms with Gasteiger partial charge in [0.2, 0.25) is 5.95 Å². The first-order valence-corrected chi connectivity index (χ1v) is 5.43. The minimum absolute atomic E-state index is 0.722. The first-order valence-electron chi connectivity index (χ1n) is 5.43. The third-order valence-corrected chi connectivity index (χ3v) is 2.55. The number of aromatic nitrogens is 3. The van der Waals surface area contributed by atoms with Crippen LogP contribution in [-0.4, -0.2) is 28.9 Å². The molecule has 5 heteroatoms. The Labute approximate surface area is 100 Å². The molecule has 0 bridgehead atoms. The molecule has 5 nitrogen and oxygen atoms in total. The fraction of sp³-hybridized carbons (Fsp3) is 0.333. The maximum atomic E-state index is 5.11. The molecule has 0 radical (unpaired) electrons. The van der Waals surface area contributed by atoms with Crippen LogP contribution in [0.15, 0.2) is 24.3 Å². The van der Waals surface area contributed by atoms with Crippen molar-refractivity contribution in [1.82, 2.24) is 14.8 Å². The highest BCUT2D eigenvalue weighted by Crippen LogP contribution is 2.14. The predicted molar refractivity (Wildman–Crippen MR) is 66.3 cm³/mol. The van der Waals surface area contributed by atoms with Crippen LogP contribution in [0.5, 0.6) is 5.75 Å². The van der Waals surface area contributed by atoms with Crippen molar-refractivity contribution < 1.29 is 4.74 Å². The molecule has 0 amide bonds. The quantitative estimate of drug-likeness (QED) is 0.867. The van der Waals surface area contributed by atoms with Crippen LogP contribution in [0.3, 0.4) is 0 Å². The number of benzene rings is 1. The van der Waals surface area contributed by atoms with Gasteiger partial charge in [-0.2, -0.15) is 10.1 Å². The molecule has 90 valence electrons. The van der Waals surface area contributed by atoms with Crippen LogP contribution in [0.1, 0.15) is 11.4 Å². The largest absolute Gasteiger partial charge is 0.497 e. The lowest BCUT2D eigenvalue weighted by atomic mass is 10.1. The minimum atomic E-state index is 0.722. The van der Waals surface area contributed by atoms with Crippen LogP contribution in [0.2, 0.25) is 0 Å². The van der Waals surface area contributed by atoms with Crippen LogP contribution in [0, 0.1) is 0 Å². The fourth-order valence-corrected chi connectivity index (χ4v) is 1.66. The molecule has 0 aliphatic carbocycles. The lowest BCUT2D eigenvalue weighted by Crippen LogP contribution is -1.98. The van der Waals surface area contributed by atoms with E-state index in [4.69, 9.17) is 4.74 Å². The minimum Gasteiger partial charge on any atom is -0.497 e. The molecule has 1 aromatic heterocycles. The summed E-state index contributed by atoms with van der Waals surface area (Å²) in [5, 5.41) is 7.32. The number of ether oxygens (including phenoxy) is 1. The van der Waals surface area contributed by atoms with Gasteiger partial charge >= 0.3 is 0 Å². The third kappa shape index (κ3) is 2.55. The second kappa shape index (κ2) is 4.86. The second-order valence-electron chi connectivity index (χ2n) is 3.75. The van der Waals surface area contributed by atoms with E-state index >= 15 is 0 Å². The van der Waals surface area contributed by atoms with Crippen molar-refractivity contribution in [3.8, 4) is 5.75 Å². The number of methoxy groups -OCH3 is 1. The van der Waals surface area contributed by atoms with Crippen LogP contribution in [0.4, 0.5) is 5.95 Å². The molecule has 1 N–H and O–H groups in total. The molecule has 2 rings (SSSR count). The van der Waals surface area contributed by atoms with E-state index in [9.17, 15) is 0 Å². The van der Waals surface area contributed by atoms with Crippen molar-refractivity contribution in [2.24, 2.45) is 7.05 Å². The molecule has 1 heterocycles. The summed E-state index contributed by atoms with van der Waals surface area (Å²) in [5.74, 6) is 2.44. The number of hydrogen-bond acceptors (Lipinski definition) is 4. The first-order chi connectivity index (χ1) is 8.22. The molecule has 0 saturated carbocycles. The van der Waals surface area contributed by atoms with Gasteiger partial charge in [-0.1, -0.05) is 12.1 Å². The monoisotopic (exact) mass is 232 g/mol. The van der Waals surface area contributed by atoms with Crippen molar-refractivity contribution in [1.29, 1.82) is 0 Å². The van der Waals surface area contributed by atoms with Crippen LogP contribution in [-0.2, 0) is 13.5 Å². The number of nitrogens with one attached hydrogen (secondary N) is 1. The summed E-state index contributed by atoms with van der Waals surface area (Å²) in [7, 11) is 5.37. The molecule has 1 aromatic carbocycles. The number of anilines is 1. The van der Waals surface area contributed by atoms with Crippen molar-refractivity contribution in [2.75, 3.05) is 19.5 Å². The van der Waals surface area contributed by atoms with Gasteiger partial charge in [-0.05, 0) is 17.7 Å². The van der Waals surface area contributed by atoms with Crippen molar-refractivity contribution in [3.05, 3.63) is 35.7 Å². The van der Waals surface area contributed by atoms with E-state index in [1.807, 2.05) is 38.4 Å². The number of hydrogen-bond donors (Lipinski definition) is 1. The maximum Gasteiger partial charge on any atom is 0.220 e. The summed E-state index contributed by atoms with van der Waals surface area (Å²) < 4.78 is 6.85. The molecule has 0 unspecified atom stereocenters. The van der Waals surface area contributed by atoms with E-state index < -0.39 is 0 Å². The van der Waals surface area contributed by atoms with Crippen molar-refractivity contribution in [3.63, 3.8) is 0 Å². The van der Waals surface area contributed by atoms with Gasteiger partial charge in [0, 0.05) is 20.5 Å². The summed E-state index contributed by atoms with van der Waals surface area (Å²) in [6, 6.07) is 7.93. The normalized spacial score (nSPS) is 10.3. The van der Waals surface area contributed by atoms with Gasteiger partial charge in [0.25, 0.3) is 0 Å². The molecule has 17 heavy (non-hydrogen) atoms. The molecule has 0 atom stereocenters. The highest BCUT2D eigenvalue weighted by atomic mass is 16.5. The van der Waals surface area contributed by atoms with Gasteiger partial charge in [0.15, 0.2) is 5.82 Å². The Hall–Kier alpha value is -2.04. The summed E-state index contributed by atoms with van der Waals surface area (Å²) in [4.78, 5) is 4.38. The Morgan fingerprint density at radius 2 is 2.00 bits per heavy atom. The Bertz CT molecular complexity index is 490. The fourth-order valence-electron chi connectivity index (χ4n) is 1.66. The average molecular weight is 232 g/mol. The van der Waals surface area contributed by atoms with E-state index in [1.165, 1.54) is 5.56 Å². The first kappa shape index (κ1) is 11.4. The molecule has 2 aromatic rings. The summed E-state index contributed by atoms with van der Waals surface area (Å²) in [6.45, 7) is 0. The molecular formula is C12H16N4O. The van der Waals surface area contributed by atoms with Gasteiger partial charge in [0.1, 0.15) is 5.75 Å². The van der Waals surface area contributed by atoms with E-state index in [-0.39, 0.29) is 0 Å². The zero-order valence-electron chi connectivity index (χ0n) is 10.3. The third-order valence-electron chi connectivity index (χ3n) is 2.55.